The molecule has 0 aliphatic heterocycles. The quantitative estimate of drug-likeness (QED) is 0.819. The Balaban J connectivity index is 2.22. The molecule has 11 heteroatoms. The number of nitrogens with one attached hydrogen (secondary N) is 1. The average molecular weight is 372 g/mol. The van der Waals surface area contributed by atoms with Crippen molar-refractivity contribution in [2.45, 2.75) is 26.6 Å². The lowest BCUT2D eigenvalue weighted by molar-refractivity contribution is -0.138. The number of carbonyl (C=O) groups is 1. The second-order valence-electron chi connectivity index (χ2n) is 6.31. The molecular weight excluding hydrogens is 360 g/mol. The van der Waals surface area contributed by atoms with Crippen LogP contribution >= 0.6 is 0 Å². The van der Waals surface area contributed by atoms with Gasteiger partial charge in [0.2, 0.25) is 5.91 Å². The molecule has 0 bridgehead atoms. The zero-order chi connectivity index (χ0) is 20.4. The van der Waals surface area contributed by atoms with Gasteiger partial charge in [-0.25, -0.2) is 4.98 Å². The fourth-order valence-corrected chi connectivity index (χ4v) is 2.22. The normalized spacial score (nSPS) is 11.5. The molecule has 0 aromatic carbocycles. The molecule has 7 nitrogen and oxygen atoms in total. The molecule has 0 unspecified atom stereocenters. The molecule has 2 rings (SSSR count). The monoisotopic (exact) mass is 372 g/mol. The van der Waals surface area contributed by atoms with Crippen molar-refractivity contribution in [1.82, 2.24) is 14.8 Å². The van der Waals surface area contributed by atoms with Gasteiger partial charge < -0.3 is 5.32 Å². The molecular formula is C16H12BF3N6O. The van der Waals surface area contributed by atoms with Crippen LogP contribution in [0.5, 0.6) is 0 Å². The Labute approximate surface area is 153 Å². The van der Waals surface area contributed by atoms with Gasteiger partial charge in [-0.15, -0.1) is 0 Å². The summed E-state index contributed by atoms with van der Waals surface area (Å²) >= 11 is 0. The summed E-state index contributed by atoms with van der Waals surface area (Å²) in [6.07, 6.45) is -2.44. The number of anilines is 1. The van der Waals surface area contributed by atoms with Gasteiger partial charge in [0, 0.05) is 11.8 Å². The minimum Gasteiger partial charge on any atom is -0.324 e. The number of rotatable bonds is 4. The van der Waals surface area contributed by atoms with Crippen molar-refractivity contribution in [3.63, 3.8) is 0 Å². The second-order valence-corrected chi connectivity index (χ2v) is 6.31. The number of amides is 1. The smallest absolute Gasteiger partial charge is 0.324 e. The minimum absolute atomic E-state index is 0.0137. The number of nitriles is 2. The van der Waals surface area contributed by atoms with Crippen molar-refractivity contribution in [3.8, 4) is 12.1 Å². The van der Waals surface area contributed by atoms with Crippen LogP contribution < -0.4 is 10.9 Å². The van der Waals surface area contributed by atoms with E-state index in [-0.39, 0.29) is 23.4 Å². The summed E-state index contributed by atoms with van der Waals surface area (Å²) in [5.74, 6) is -0.602. The van der Waals surface area contributed by atoms with E-state index in [9.17, 15) is 18.0 Å². The van der Waals surface area contributed by atoms with Gasteiger partial charge in [0.15, 0.2) is 5.69 Å². The Hall–Kier alpha value is -3.34. The molecule has 0 atom stereocenters. The highest BCUT2D eigenvalue weighted by atomic mass is 19.4. The molecule has 2 radical (unpaired) electrons. The van der Waals surface area contributed by atoms with Crippen molar-refractivity contribution < 1.29 is 18.0 Å². The van der Waals surface area contributed by atoms with Crippen molar-refractivity contribution >= 4 is 25.0 Å². The highest BCUT2D eigenvalue weighted by molar-refractivity contribution is 6.32. The first-order valence-corrected chi connectivity index (χ1v) is 7.50. The molecule has 0 spiro atoms. The van der Waals surface area contributed by atoms with E-state index in [2.05, 4.69) is 15.4 Å². The molecule has 2 heterocycles. The number of hydrogen-bond acceptors (Lipinski definition) is 5. The maximum absolute atomic E-state index is 13.0. The second kappa shape index (κ2) is 7.12. The number of hydrogen-bond donors (Lipinski definition) is 1. The maximum Gasteiger partial charge on any atom is 0.419 e. The van der Waals surface area contributed by atoms with Gasteiger partial charge in [-0.2, -0.15) is 28.8 Å². The van der Waals surface area contributed by atoms with Crippen LogP contribution in [0.15, 0.2) is 18.5 Å². The zero-order valence-corrected chi connectivity index (χ0v) is 14.3. The Bertz CT molecular complexity index is 968. The highest BCUT2D eigenvalue weighted by Crippen LogP contribution is 2.33. The number of aromatic nitrogens is 3. The summed E-state index contributed by atoms with van der Waals surface area (Å²) in [6.45, 7) is 3.13. The van der Waals surface area contributed by atoms with Crippen LogP contribution in [0.25, 0.3) is 0 Å². The molecule has 0 fully saturated rings. The number of halogens is 3. The first-order chi connectivity index (χ1) is 12.5. The van der Waals surface area contributed by atoms with E-state index < -0.39 is 28.8 Å². The van der Waals surface area contributed by atoms with E-state index in [1.807, 2.05) is 6.07 Å². The lowest BCUT2D eigenvalue weighted by Crippen LogP contribution is -2.35. The Morgan fingerprint density at radius 1 is 1.33 bits per heavy atom. The van der Waals surface area contributed by atoms with Crippen LogP contribution in [0.2, 0.25) is 0 Å². The van der Waals surface area contributed by atoms with Crippen LogP contribution in [0.3, 0.4) is 0 Å². The molecule has 1 N–H and O–H groups in total. The topological polar surface area (TPSA) is 107 Å². The summed E-state index contributed by atoms with van der Waals surface area (Å²) < 4.78 is 40.3. The van der Waals surface area contributed by atoms with Gasteiger partial charge in [0.1, 0.15) is 20.0 Å². The first kappa shape index (κ1) is 20.0. The Morgan fingerprint density at radius 2 is 2.00 bits per heavy atom. The summed E-state index contributed by atoms with van der Waals surface area (Å²) in [5, 5.41) is 23.9. The average Bonchev–Trinajstić information content (AvgIpc) is 2.92. The largest absolute Gasteiger partial charge is 0.419 e. The third kappa shape index (κ3) is 4.44. The number of alkyl halides is 3. The SMILES string of the molecule is [B]c1nn(CC(C)(C)C(=O)Nc2cnc(C#N)c(C(F)(F)F)c2)cc1C#N. The van der Waals surface area contributed by atoms with Crippen molar-refractivity contribution in [2.24, 2.45) is 5.41 Å². The molecule has 0 aliphatic carbocycles. The van der Waals surface area contributed by atoms with Crippen LogP contribution in [-0.2, 0) is 17.5 Å². The summed E-state index contributed by atoms with van der Waals surface area (Å²) in [4.78, 5) is 15.9. The van der Waals surface area contributed by atoms with Crippen LogP contribution in [0, 0.1) is 28.1 Å². The van der Waals surface area contributed by atoms with E-state index in [4.69, 9.17) is 18.4 Å². The molecule has 2 aromatic rings. The van der Waals surface area contributed by atoms with Gasteiger partial charge in [0.05, 0.1) is 35.0 Å². The number of nitrogens with zero attached hydrogens (tertiary/aromatic N) is 5. The van der Waals surface area contributed by atoms with E-state index >= 15 is 0 Å². The molecule has 0 saturated carbocycles. The Kier molecular flexibility index (Phi) is 5.27. The molecule has 0 aliphatic rings. The van der Waals surface area contributed by atoms with E-state index in [1.165, 1.54) is 16.9 Å². The lowest BCUT2D eigenvalue weighted by Gasteiger charge is -2.23. The summed E-state index contributed by atoms with van der Waals surface area (Å²) in [7, 11) is 5.56. The van der Waals surface area contributed by atoms with E-state index in [0.717, 1.165) is 6.20 Å². The van der Waals surface area contributed by atoms with Gasteiger partial charge in [-0.1, -0.05) is 0 Å². The van der Waals surface area contributed by atoms with Gasteiger partial charge >= 0.3 is 6.18 Å². The third-order valence-electron chi connectivity index (χ3n) is 3.64. The Morgan fingerprint density at radius 3 is 2.52 bits per heavy atom. The fraction of sp³-hybridized carbons (Fsp3) is 0.312. The first-order valence-electron chi connectivity index (χ1n) is 7.50. The number of carbonyl (C=O) groups excluding carboxylic acids is 1. The molecule has 0 saturated heterocycles. The number of pyridine rings is 1. The molecule has 1 amide bonds. The predicted molar refractivity (Wildman–Crippen MR) is 88.7 cm³/mol. The molecule has 136 valence electrons. The molecule has 2 aromatic heterocycles. The van der Waals surface area contributed by atoms with Crippen LogP contribution in [0.1, 0.15) is 30.7 Å². The van der Waals surface area contributed by atoms with Crippen LogP contribution in [0.4, 0.5) is 18.9 Å². The highest BCUT2D eigenvalue weighted by Gasteiger charge is 2.35. The fourth-order valence-electron chi connectivity index (χ4n) is 2.22. The van der Waals surface area contributed by atoms with Crippen molar-refractivity contribution in [2.75, 3.05) is 5.32 Å². The maximum atomic E-state index is 13.0. The van der Waals surface area contributed by atoms with Crippen LogP contribution in [-0.4, -0.2) is 28.5 Å². The van der Waals surface area contributed by atoms with E-state index in [1.54, 1.807) is 13.8 Å². The standard InChI is InChI=1S/C16H12BF3N6O/c1-15(2,8-26-7-9(4-21)13(17)25-26)14(27)24-10-3-11(16(18,19)20)12(5-22)23-6-10/h3,6-7H,8H2,1-2H3,(H,24,27). The van der Waals surface area contributed by atoms with Crippen molar-refractivity contribution in [3.05, 3.63) is 35.3 Å². The predicted octanol–water partition coefficient (Wildman–Crippen LogP) is 1.50. The summed E-state index contributed by atoms with van der Waals surface area (Å²) in [6, 6.07) is 3.87. The van der Waals surface area contributed by atoms with E-state index in [0.29, 0.717) is 6.07 Å². The zero-order valence-electron chi connectivity index (χ0n) is 14.3. The third-order valence-corrected chi connectivity index (χ3v) is 3.64. The van der Waals surface area contributed by atoms with Gasteiger partial charge in [0.25, 0.3) is 0 Å². The van der Waals surface area contributed by atoms with Gasteiger partial charge in [-0.05, 0) is 19.9 Å². The lowest BCUT2D eigenvalue weighted by atomic mass is 9.92. The van der Waals surface area contributed by atoms with Gasteiger partial charge in [-0.3, -0.25) is 9.48 Å². The summed E-state index contributed by atoms with van der Waals surface area (Å²) in [5.41, 5.74) is -3.15. The molecule has 27 heavy (non-hydrogen) atoms. The minimum atomic E-state index is -4.78. The van der Waals surface area contributed by atoms with Crippen molar-refractivity contribution in [1.29, 1.82) is 10.5 Å².